The Kier molecular flexibility index (Phi) is 4.96. The molecule has 132 valence electrons. The molecule has 0 spiro atoms. The van der Waals surface area contributed by atoms with Gasteiger partial charge in [-0.1, -0.05) is 13.8 Å². The Balaban J connectivity index is 1.18. The van der Waals surface area contributed by atoms with Crippen LogP contribution >= 0.6 is 0 Å². The van der Waals surface area contributed by atoms with E-state index in [0.29, 0.717) is 0 Å². The van der Waals surface area contributed by atoms with Crippen LogP contribution < -0.4 is 0 Å². The Hall–Kier alpha value is -0.160. The van der Waals surface area contributed by atoms with Crippen molar-refractivity contribution >= 4 is 0 Å². The molecule has 0 aromatic carbocycles. The summed E-state index contributed by atoms with van der Waals surface area (Å²) in [4.78, 5) is 10.9. The van der Waals surface area contributed by atoms with E-state index in [1.54, 1.807) is 0 Å². The molecule has 4 heteroatoms. The minimum atomic E-state index is 0.879. The summed E-state index contributed by atoms with van der Waals surface area (Å²) < 4.78 is 0. The monoisotopic (exact) mass is 320 g/mol. The molecule has 4 rings (SSSR count). The largest absolute Gasteiger partial charge is 0.301 e. The van der Waals surface area contributed by atoms with Gasteiger partial charge in [-0.15, -0.1) is 0 Å². The summed E-state index contributed by atoms with van der Waals surface area (Å²) in [5.41, 5.74) is 0. The maximum Gasteiger partial charge on any atom is 0.0263 e. The SMILES string of the molecule is CCN1CC[C@H]2CN(CCCN3C[C@H]4CCN(CC)[C@H]4C3)C[C@H]21. The Morgan fingerprint density at radius 3 is 1.61 bits per heavy atom. The first-order valence-corrected chi connectivity index (χ1v) is 10.2. The highest BCUT2D eigenvalue weighted by Gasteiger charge is 2.41. The van der Waals surface area contributed by atoms with Crippen molar-refractivity contribution in [1.82, 2.24) is 19.6 Å². The standard InChI is InChI=1S/C19H36N4/c1-3-22-10-6-16-12-20(14-18(16)22)8-5-9-21-13-17-7-11-23(4-2)19(17)15-21/h16-19H,3-15H2,1-2H3/t16-,17+,18+,19-. The average molecular weight is 321 g/mol. The number of fused-ring (bicyclic) bond motifs is 2. The lowest BCUT2D eigenvalue weighted by atomic mass is 10.1. The van der Waals surface area contributed by atoms with E-state index in [1.807, 2.05) is 0 Å². The molecule has 0 N–H and O–H groups in total. The van der Waals surface area contributed by atoms with E-state index in [2.05, 4.69) is 33.4 Å². The zero-order chi connectivity index (χ0) is 15.8. The number of likely N-dealkylation sites (N-methyl/N-ethyl adjacent to an activating group) is 2. The molecular formula is C19H36N4. The van der Waals surface area contributed by atoms with Gasteiger partial charge in [-0.25, -0.2) is 0 Å². The molecule has 4 saturated heterocycles. The molecule has 4 atom stereocenters. The van der Waals surface area contributed by atoms with Gasteiger partial charge in [0.15, 0.2) is 0 Å². The van der Waals surface area contributed by atoms with Gasteiger partial charge < -0.3 is 9.80 Å². The second-order valence-corrected chi connectivity index (χ2v) is 8.36. The highest BCUT2D eigenvalue weighted by Crippen LogP contribution is 2.32. The molecule has 0 bridgehead atoms. The van der Waals surface area contributed by atoms with Crippen molar-refractivity contribution in [2.24, 2.45) is 11.8 Å². The molecule has 4 nitrogen and oxygen atoms in total. The van der Waals surface area contributed by atoms with Crippen LogP contribution in [0.15, 0.2) is 0 Å². The van der Waals surface area contributed by atoms with Crippen LogP contribution in [0, 0.1) is 11.8 Å². The van der Waals surface area contributed by atoms with Crippen molar-refractivity contribution in [2.45, 2.75) is 45.2 Å². The molecule has 0 aliphatic carbocycles. The van der Waals surface area contributed by atoms with E-state index in [0.717, 1.165) is 23.9 Å². The summed E-state index contributed by atoms with van der Waals surface area (Å²) in [5, 5.41) is 0. The lowest BCUT2D eigenvalue weighted by Gasteiger charge is -2.25. The average Bonchev–Trinajstić information content (AvgIpc) is 3.26. The number of nitrogens with zero attached hydrogens (tertiary/aromatic N) is 4. The highest BCUT2D eigenvalue weighted by atomic mass is 15.3. The van der Waals surface area contributed by atoms with E-state index >= 15 is 0 Å². The van der Waals surface area contributed by atoms with Crippen molar-refractivity contribution in [3.05, 3.63) is 0 Å². The fourth-order valence-electron chi connectivity index (χ4n) is 5.94. The number of hydrogen-bond donors (Lipinski definition) is 0. The number of hydrogen-bond acceptors (Lipinski definition) is 4. The van der Waals surface area contributed by atoms with Crippen LogP contribution in [0.1, 0.15) is 33.1 Å². The Morgan fingerprint density at radius 1 is 0.696 bits per heavy atom. The van der Waals surface area contributed by atoms with E-state index in [1.165, 1.54) is 84.7 Å². The van der Waals surface area contributed by atoms with Gasteiger partial charge >= 0.3 is 0 Å². The maximum atomic E-state index is 2.76. The van der Waals surface area contributed by atoms with Gasteiger partial charge in [0, 0.05) is 38.3 Å². The number of likely N-dealkylation sites (tertiary alicyclic amines) is 4. The summed E-state index contributed by atoms with van der Waals surface area (Å²) in [7, 11) is 0. The van der Waals surface area contributed by atoms with Gasteiger partial charge in [-0.3, -0.25) is 9.80 Å². The Bertz CT molecular complexity index is 365. The normalized spacial score (nSPS) is 39.4. The smallest absolute Gasteiger partial charge is 0.0263 e. The Labute approximate surface area is 142 Å². The molecule has 0 saturated carbocycles. The van der Waals surface area contributed by atoms with E-state index in [9.17, 15) is 0 Å². The van der Waals surface area contributed by atoms with Gasteiger partial charge in [-0.05, 0) is 70.4 Å². The maximum absolute atomic E-state index is 2.76. The van der Waals surface area contributed by atoms with Crippen LogP contribution in [0.3, 0.4) is 0 Å². The highest BCUT2D eigenvalue weighted by molar-refractivity contribution is 4.97. The molecule has 0 unspecified atom stereocenters. The van der Waals surface area contributed by atoms with Crippen LogP contribution in [-0.2, 0) is 0 Å². The van der Waals surface area contributed by atoms with Gasteiger partial charge in [-0.2, -0.15) is 0 Å². The van der Waals surface area contributed by atoms with E-state index in [-0.39, 0.29) is 0 Å². The predicted octanol–water partition coefficient (Wildman–Crippen LogP) is 1.43. The molecule has 4 aliphatic heterocycles. The molecule has 23 heavy (non-hydrogen) atoms. The quantitative estimate of drug-likeness (QED) is 0.734. The summed E-state index contributed by atoms with van der Waals surface area (Å²) in [6.45, 7) is 17.9. The van der Waals surface area contributed by atoms with Crippen molar-refractivity contribution < 1.29 is 0 Å². The van der Waals surface area contributed by atoms with Gasteiger partial charge in [0.05, 0.1) is 0 Å². The third-order valence-electron chi connectivity index (χ3n) is 7.24. The van der Waals surface area contributed by atoms with Gasteiger partial charge in [0.1, 0.15) is 0 Å². The fourth-order valence-corrected chi connectivity index (χ4v) is 5.94. The van der Waals surface area contributed by atoms with E-state index < -0.39 is 0 Å². The van der Waals surface area contributed by atoms with Crippen molar-refractivity contribution in [1.29, 1.82) is 0 Å². The zero-order valence-corrected chi connectivity index (χ0v) is 15.3. The molecule has 0 aromatic heterocycles. The molecule has 4 fully saturated rings. The molecular weight excluding hydrogens is 284 g/mol. The van der Waals surface area contributed by atoms with Gasteiger partial charge in [0.2, 0.25) is 0 Å². The van der Waals surface area contributed by atoms with Crippen LogP contribution in [0.5, 0.6) is 0 Å². The third kappa shape index (κ3) is 3.20. The van der Waals surface area contributed by atoms with Crippen LogP contribution in [-0.4, -0.2) is 97.1 Å². The second-order valence-electron chi connectivity index (χ2n) is 8.36. The van der Waals surface area contributed by atoms with Crippen LogP contribution in [0.2, 0.25) is 0 Å². The molecule has 4 aliphatic rings. The van der Waals surface area contributed by atoms with Gasteiger partial charge in [0.25, 0.3) is 0 Å². The topological polar surface area (TPSA) is 13.0 Å². The predicted molar refractivity (Wildman–Crippen MR) is 95.8 cm³/mol. The van der Waals surface area contributed by atoms with E-state index in [4.69, 9.17) is 0 Å². The molecule has 0 radical (unpaired) electrons. The third-order valence-corrected chi connectivity index (χ3v) is 7.24. The lowest BCUT2D eigenvalue weighted by Crippen LogP contribution is -2.36. The first-order valence-electron chi connectivity index (χ1n) is 10.2. The summed E-state index contributed by atoms with van der Waals surface area (Å²) >= 11 is 0. The van der Waals surface area contributed by atoms with Crippen LogP contribution in [0.4, 0.5) is 0 Å². The molecule has 0 amide bonds. The zero-order valence-electron chi connectivity index (χ0n) is 15.3. The van der Waals surface area contributed by atoms with Crippen molar-refractivity contribution in [3.63, 3.8) is 0 Å². The fraction of sp³-hybridized carbons (Fsp3) is 1.00. The lowest BCUT2D eigenvalue weighted by molar-refractivity contribution is 0.213. The second kappa shape index (κ2) is 6.99. The number of rotatable bonds is 6. The summed E-state index contributed by atoms with van der Waals surface area (Å²) in [6.07, 6.45) is 4.26. The summed E-state index contributed by atoms with van der Waals surface area (Å²) in [5.74, 6) is 1.94. The first kappa shape index (κ1) is 16.3. The molecule has 4 heterocycles. The van der Waals surface area contributed by atoms with Crippen molar-refractivity contribution in [2.75, 3.05) is 65.4 Å². The minimum absolute atomic E-state index is 0.879. The Morgan fingerprint density at radius 2 is 1.17 bits per heavy atom. The van der Waals surface area contributed by atoms with Crippen molar-refractivity contribution in [3.8, 4) is 0 Å². The van der Waals surface area contributed by atoms with Crippen LogP contribution in [0.25, 0.3) is 0 Å². The molecule has 0 aromatic rings. The summed E-state index contributed by atoms with van der Waals surface area (Å²) in [6, 6.07) is 1.76. The first-order chi connectivity index (χ1) is 11.3. The minimum Gasteiger partial charge on any atom is -0.301 e.